The van der Waals surface area contributed by atoms with Crippen molar-refractivity contribution in [3.63, 3.8) is 0 Å². The minimum absolute atomic E-state index is 0.371. The van der Waals surface area contributed by atoms with Crippen molar-refractivity contribution in [1.29, 1.82) is 5.26 Å². The first-order valence-electron chi connectivity index (χ1n) is 8.17. The third-order valence-corrected chi connectivity index (χ3v) is 4.56. The molecule has 0 aromatic carbocycles. The molecule has 0 spiro atoms. The van der Waals surface area contributed by atoms with Crippen LogP contribution in [-0.4, -0.2) is 60.6 Å². The van der Waals surface area contributed by atoms with E-state index in [1.807, 2.05) is 6.92 Å². The Labute approximate surface area is 125 Å². The largest absolute Gasteiger partial charge is 0.301 e. The van der Waals surface area contributed by atoms with Crippen molar-refractivity contribution in [2.24, 2.45) is 0 Å². The molecule has 1 N–H and O–H groups in total. The van der Waals surface area contributed by atoms with Gasteiger partial charge in [-0.25, -0.2) is 0 Å². The normalized spacial score (nSPS) is 22.1. The molecule has 4 nitrogen and oxygen atoms in total. The third-order valence-electron chi connectivity index (χ3n) is 4.56. The van der Waals surface area contributed by atoms with Crippen molar-refractivity contribution < 1.29 is 0 Å². The second-order valence-corrected chi connectivity index (χ2v) is 6.26. The first-order chi connectivity index (χ1) is 9.54. The van der Waals surface area contributed by atoms with E-state index in [4.69, 9.17) is 0 Å². The molecule has 1 heterocycles. The average molecular weight is 280 g/mol. The van der Waals surface area contributed by atoms with Crippen molar-refractivity contribution in [3.05, 3.63) is 0 Å². The lowest BCUT2D eigenvalue weighted by molar-refractivity contribution is 0.0962. The fourth-order valence-corrected chi connectivity index (χ4v) is 2.65. The Morgan fingerprint density at radius 3 is 2.40 bits per heavy atom. The molecule has 20 heavy (non-hydrogen) atoms. The lowest BCUT2D eigenvalue weighted by Crippen LogP contribution is -2.51. The summed E-state index contributed by atoms with van der Waals surface area (Å²) in [5, 5.41) is 12.7. The molecule has 2 unspecified atom stereocenters. The number of nitrogens with zero attached hydrogens (tertiary/aromatic N) is 3. The molecule has 0 aromatic heterocycles. The molecular formula is C16H32N4. The van der Waals surface area contributed by atoms with E-state index in [1.165, 1.54) is 19.5 Å². The Morgan fingerprint density at radius 1 is 1.25 bits per heavy atom. The summed E-state index contributed by atoms with van der Waals surface area (Å²) in [6, 6.07) is 3.14. The predicted octanol–water partition coefficient (Wildman–Crippen LogP) is 2.07. The van der Waals surface area contributed by atoms with Gasteiger partial charge in [-0.3, -0.25) is 10.2 Å². The molecule has 116 valence electrons. The monoisotopic (exact) mass is 280 g/mol. The van der Waals surface area contributed by atoms with Gasteiger partial charge in [-0.2, -0.15) is 5.26 Å². The zero-order chi connectivity index (χ0) is 15.0. The van der Waals surface area contributed by atoms with E-state index in [0.717, 1.165) is 39.0 Å². The first kappa shape index (κ1) is 17.4. The highest BCUT2D eigenvalue weighted by atomic mass is 15.3. The summed E-state index contributed by atoms with van der Waals surface area (Å²) in [6.07, 6.45) is 3.21. The van der Waals surface area contributed by atoms with Crippen LogP contribution in [0, 0.1) is 11.3 Å². The van der Waals surface area contributed by atoms with E-state index in [1.54, 1.807) is 0 Å². The maximum absolute atomic E-state index is 9.35. The summed E-state index contributed by atoms with van der Waals surface area (Å²) >= 11 is 0. The van der Waals surface area contributed by atoms with Gasteiger partial charge in [0, 0.05) is 38.8 Å². The molecule has 0 radical (unpaired) electrons. The average Bonchev–Trinajstić information content (AvgIpc) is 2.50. The van der Waals surface area contributed by atoms with Gasteiger partial charge in [0.2, 0.25) is 0 Å². The van der Waals surface area contributed by atoms with Crippen LogP contribution in [0.15, 0.2) is 0 Å². The second kappa shape index (κ2) is 8.61. The van der Waals surface area contributed by atoms with Gasteiger partial charge < -0.3 is 4.90 Å². The van der Waals surface area contributed by atoms with Crippen LogP contribution in [0.2, 0.25) is 0 Å². The number of rotatable bonds is 8. The topological polar surface area (TPSA) is 42.3 Å². The minimum atomic E-state index is -0.371. The molecule has 1 rings (SSSR count). The Bertz CT molecular complexity index is 304. The van der Waals surface area contributed by atoms with Gasteiger partial charge in [0.15, 0.2) is 0 Å². The van der Waals surface area contributed by atoms with Crippen LogP contribution >= 0.6 is 0 Å². The summed E-state index contributed by atoms with van der Waals surface area (Å²) in [7, 11) is 0. The van der Waals surface area contributed by atoms with Gasteiger partial charge in [-0.1, -0.05) is 13.8 Å². The summed E-state index contributed by atoms with van der Waals surface area (Å²) in [5.74, 6) is 0. The number of nitriles is 1. The highest BCUT2D eigenvalue weighted by Gasteiger charge is 2.25. The van der Waals surface area contributed by atoms with Gasteiger partial charge >= 0.3 is 0 Å². The van der Waals surface area contributed by atoms with Crippen molar-refractivity contribution in [2.75, 3.05) is 39.3 Å². The maximum atomic E-state index is 9.35. The standard InChI is InChI=1S/C16H32N4/c1-5-8-18-16(4,14-17)7-9-19-10-12-20(13-11-19)15(3)6-2/h15,18H,5-13H2,1-4H3. The third kappa shape index (κ3) is 5.40. The number of piperazine rings is 1. The molecule has 0 aliphatic carbocycles. The molecule has 0 saturated carbocycles. The minimum Gasteiger partial charge on any atom is -0.301 e. The van der Waals surface area contributed by atoms with Crippen molar-refractivity contribution in [1.82, 2.24) is 15.1 Å². The van der Waals surface area contributed by atoms with Crippen LogP contribution < -0.4 is 5.32 Å². The maximum Gasteiger partial charge on any atom is 0.105 e. The highest BCUT2D eigenvalue weighted by Crippen LogP contribution is 2.13. The van der Waals surface area contributed by atoms with Crippen molar-refractivity contribution in [2.45, 2.75) is 58.5 Å². The van der Waals surface area contributed by atoms with Gasteiger partial charge in [-0.05, 0) is 39.7 Å². The van der Waals surface area contributed by atoms with E-state index in [-0.39, 0.29) is 5.54 Å². The first-order valence-corrected chi connectivity index (χ1v) is 8.17. The number of hydrogen-bond acceptors (Lipinski definition) is 4. The van der Waals surface area contributed by atoms with Crippen LogP contribution in [0.4, 0.5) is 0 Å². The molecule has 1 aliphatic heterocycles. The zero-order valence-corrected chi connectivity index (χ0v) is 13.8. The molecule has 1 aliphatic rings. The van der Waals surface area contributed by atoms with E-state index < -0.39 is 0 Å². The molecule has 1 fully saturated rings. The van der Waals surface area contributed by atoms with E-state index in [2.05, 4.69) is 42.0 Å². The highest BCUT2D eigenvalue weighted by molar-refractivity contribution is 5.04. The van der Waals surface area contributed by atoms with Crippen LogP contribution in [0.3, 0.4) is 0 Å². The van der Waals surface area contributed by atoms with Gasteiger partial charge in [0.05, 0.1) is 6.07 Å². The second-order valence-electron chi connectivity index (χ2n) is 6.26. The van der Waals surface area contributed by atoms with Crippen LogP contribution in [0.25, 0.3) is 0 Å². The lowest BCUT2D eigenvalue weighted by atomic mass is 9.99. The summed E-state index contributed by atoms with van der Waals surface area (Å²) in [6.45, 7) is 15.3. The fourth-order valence-electron chi connectivity index (χ4n) is 2.65. The molecule has 0 bridgehead atoms. The van der Waals surface area contributed by atoms with Gasteiger partial charge in [0.25, 0.3) is 0 Å². The molecule has 0 aromatic rings. The molecular weight excluding hydrogens is 248 g/mol. The quantitative estimate of drug-likeness (QED) is 0.739. The molecule has 1 saturated heterocycles. The van der Waals surface area contributed by atoms with E-state index >= 15 is 0 Å². The van der Waals surface area contributed by atoms with E-state index in [9.17, 15) is 5.26 Å². The Kier molecular flexibility index (Phi) is 7.50. The molecule has 2 atom stereocenters. The summed E-state index contributed by atoms with van der Waals surface area (Å²) in [5.41, 5.74) is -0.371. The number of hydrogen-bond donors (Lipinski definition) is 1. The van der Waals surface area contributed by atoms with Gasteiger partial charge in [0.1, 0.15) is 5.54 Å². The van der Waals surface area contributed by atoms with Crippen LogP contribution in [0.1, 0.15) is 47.0 Å². The van der Waals surface area contributed by atoms with Crippen molar-refractivity contribution in [3.8, 4) is 6.07 Å². The van der Waals surface area contributed by atoms with Crippen LogP contribution in [-0.2, 0) is 0 Å². The fraction of sp³-hybridized carbons (Fsp3) is 0.938. The predicted molar refractivity (Wildman–Crippen MR) is 84.7 cm³/mol. The molecule has 0 amide bonds. The SMILES string of the molecule is CCCNC(C)(C#N)CCN1CCN(C(C)CC)CC1. The Morgan fingerprint density at radius 2 is 1.90 bits per heavy atom. The van der Waals surface area contributed by atoms with Crippen molar-refractivity contribution >= 4 is 0 Å². The Balaban J connectivity index is 2.31. The lowest BCUT2D eigenvalue weighted by Gasteiger charge is -2.38. The van der Waals surface area contributed by atoms with Crippen LogP contribution in [0.5, 0.6) is 0 Å². The summed E-state index contributed by atoms with van der Waals surface area (Å²) in [4.78, 5) is 5.08. The smallest absolute Gasteiger partial charge is 0.105 e. The molecule has 4 heteroatoms. The zero-order valence-electron chi connectivity index (χ0n) is 13.8. The Hall–Kier alpha value is -0.630. The summed E-state index contributed by atoms with van der Waals surface area (Å²) < 4.78 is 0. The number of nitrogens with one attached hydrogen (secondary N) is 1. The van der Waals surface area contributed by atoms with E-state index in [0.29, 0.717) is 6.04 Å². The van der Waals surface area contributed by atoms with Gasteiger partial charge in [-0.15, -0.1) is 0 Å².